The number of hydrogen-bond donors (Lipinski definition) is 2. The predicted molar refractivity (Wildman–Crippen MR) is 80.9 cm³/mol. The molecule has 0 aliphatic rings. The highest BCUT2D eigenvalue weighted by molar-refractivity contribution is 8.00. The molecule has 7 heteroatoms. The molecule has 0 fully saturated rings. The monoisotopic (exact) mass is 302 g/mol. The quantitative estimate of drug-likeness (QED) is 0.647. The number of nitrogens with zero attached hydrogens (tertiary/aromatic N) is 2. The molecule has 0 aliphatic heterocycles. The van der Waals surface area contributed by atoms with E-state index in [0.29, 0.717) is 16.4 Å². The van der Waals surface area contributed by atoms with Gasteiger partial charge in [-0.1, -0.05) is 11.8 Å². The molecule has 1 aromatic heterocycles. The van der Waals surface area contributed by atoms with E-state index in [2.05, 4.69) is 15.3 Å². The van der Waals surface area contributed by atoms with E-state index >= 15 is 0 Å². The molecule has 108 valence electrons. The Balaban J connectivity index is 1.95. The lowest BCUT2D eigenvalue weighted by atomic mass is 10.2. The van der Waals surface area contributed by atoms with Gasteiger partial charge in [0.1, 0.15) is 0 Å². The molecule has 1 unspecified atom stereocenters. The number of hydrogen-bond acceptors (Lipinski definition) is 5. The molecular weight excluding hydrogens is 288 g/mol. The highest BCUT2D eigenvalue weighted by Gasteiger charge is 2.15. The summed E-state index contributed by atoms with van der Waals surface area (Å²) in [5, 5.41) is 2.96. The number of carbonyl (C=O) groups is 2. The van der Waals surface area contributed by atoms with Crippen molar-refractivity contribution in [3.05, 3.63) is 48.3 Å². The van der Waals surface area contributed by atoms with Gasteiger partial charge in [0.2, 0.25) is 11.8 Å². The number of primary amides is 1. The predicted octanol–water partition coefficient (Wildman–Crippen LogP) is 1.69. The number of nitrogens with two attached hydrogens (primary N) is 1. The van der Waals surface area contributed by atoms with E-state index in [1.54, 1.807) is 49.6 Å². The van der Waals surface area contributed by atoms with Gasteiger partial charge in [-0.25, -0.2) is 9.97 Å². The van der Waals surface area contributed by atoms with Gasteiger partial charge in [0.25, 0.3) is 0 Å². The molecule has 3 N–H and O–H groups in total. The molecule has 0 radical (unpaired) electrons. The molecule has 2 amide bonds. The maximum atomic E-state index is 12.1. The Labute approximate surface area is 126 Å². The topological polar surface area (TPSA) is 98.0 Å². The first-order valence-corrected chi connectivity index (χ1v) is 7.08. The van der Waals surface area contributed by atoms with Crippen LogP contribution in [0.25, 0.3) is 0 Å². The second-order valence-electron chi connectivity index (χ2n) is 4.22. The average molecular weight is 302 g/mol. The molecule has 21 heavy (non-hydrogen) atoms. The summed E-state index contributed by atoms with van der Waals surface area (Å²) in [6.45, 7) is 1.77. The summed E-state index contributed by atoms with van der Waals surface area (Å²) in [6, 6.07) is 8.12. The van der Waals surface area contributed by atoms with Crippen molar-refractivity contribution in [2.75, 3.05) is 5.32 Å². The van der Waals surface area contributed by atoms with E-state index in [1.165, 1.54) is 11.8 Å². The standard InChI is InChI=1S/C14H14N4O2S/c1-9(21-14-16-7-2-8-17-14)13(20)18-11-5-3-10(4-6-11)12(15)19/h2-9H,1H3,(H2,15,19)(H,18,20). The van der Waals surface area contributed by atoms with Crippen LogP contribution in [0, 0.1) is 0 Å². The molecule has 2 aromatic rings. The minimum Gasteiger partial charge on any atom is -0.366 e. The molecule has 2 rings (SSSR count). The second kappa shape index (κ2) is 6.85. The smallest absolute Gasteiger partial charge is 0.248 e. The van der Waals surface area contributed by atoms with Gasteiger partial charge in [-0.2, -0.15) is 0 Å². The third kappa shape index (κ3) is 4.28. The Bertz CT molecular complexity index is 631. The summed E-state index contributed by atoms with van der Waals surface area (Å²) in [4.78, 5) is 31.1. The molecule has 1 atom stereocenters. The minimum atomic E-state index is -0.502. The maximum absolute atomic E-state index is 12.1. The Kier molecular flexibility index (Phi) is 4.89. The minimum absolute atomic E-state index is 0.167. The van der Waals surface area contributed by atoms with Crippen molar-refractivity contribution in [2.45, 2.75) is 17.3 Å². The summed E-state index contributed by atoms with van der Waals surface area (Å²) >= 11 is 1.27. The van der Waals surface area contributed by atoms with Crippen molar-refractivity contribution in [3.63, 3.8) is 0 Å². The van der Waals surface area contributed by atoms with Gasteiger partial charge < -0.3 is 11.1 Å². The number of thioether (sulfide) groups is 1. The number of carbonyl (C=O) groups excluding carboxylic acids is 2. The highest BCUT2D eigenvalue weighted by atomic mass is 32.2. The Hall–Kier alpha value is -2.41. The molecule has 1 aromatic carbocycles. The van der Waals surface area contributed by atoms with Crippen LogP contribution in [-0.2, 0) is 4.79 Å². The van der Waals surface area contributed by atoms with Gasteiger partial charge in [0.15, 0.2) is 5.16 Å². The first kappa shape index (κ1) is 15.0. The van der Waals surface area contributed by atoms with Crippen molar-refractivity contribution >= 4 is 29.3 Å². The summed E-state index contributed by atoms with van der Waals surface area (Å²) in [6.07, 6.45) is 3.25. The lowest BCUT2D eigenvalue weighted by Crippen LogP contribution is -2.22. The van der Waals surface area contributed by atoms with E-state index in [9.17, 15) is 9.59 Å². The summed E-state index contributed by atoms with van der Waals surface area (Å²) in [5.74, 6) is -0.669. The Morgan fingerprint density at radius 1 is 1.19 bits per heavy atom. The first-order chi connectivity index (χ1) is 10.1. The van der Waals surface area contributed by atoms with Gasteiger partial charge in [-0.3, -0.25) is 9.59 Å². The number of nitrogens with one attached hydrogen (secondary N) is 1. The Morgan fingerprint density at radius 3 is 2.38 bits per heavy atom. The van der Waals surface area contributed by atoms with Gasteiger partial charge in [-0.15, -0.1) is 0 Å². The highest BCUT2D eigenvalue weighted by Crippen LogP contribution is 2.20. The molecule has 0 aliphatic carbocycles. The first-order valence-electron chi connectivity index (χ1n) is 6.20. The molecule has 0 saturated carbocycles. The fourth-order valence-corrected chi connectivity index (χ4v) is 2.25. The zero-order valence-corrected chi connectivity index (χ0v) is 12.1. The van der Waals surface area contributed by atoms with Gasteiger partial charge in [0, 0.05) is 23.6 Å². The van der Waals surface area contributed by atoms with E-state index in [0.717, 1.165) is 0 Å². The molecule has 0 spiro atoms. The van der Waals surface area contributed by atoms with Crippen molar-refractivity contribution in [3.8, 4) is 0 Å². The van der Waals surface area contributed by atoms with Gasteiger partial charge in [-0.05, 0) is 37.3 Å². The van der Waals surface area contributed by atoms with Crippen molar-refractivity contribution in [2.24, 2.45) is 5.73 Å². The maximum Gasteiger partial charge on any atom is 0.248 e. The van der Waals surface area contributed by atoms with E-state index in [-0.39, 0.29) is 11.2 Å². The van der Waals surface area contributed by atoms with Crippen molar-refractivity contribution in [1.82, 2.24) is 9.97 Å². The van der Waals surface area contributed by atoms with Gasteiger partial charge in [0.05, 0.1) is 5.25 Å². The van der Waals surface area contributed by atoms with E-state index in [1.807, 2.05) is 0 Å². The van der Waals surface area contributed by atoms with Crippen LogP contribution < -0.4 is 11.1 Å². The summed E-state index contributed by atoms with van der Waals surface area (Å²) < 4.78 is 0. The van der Waals surface area contributed by atoms with Gasteiger partial charge >= 0.3 is 0 Å². The number of aromatic nitrogens is 2. The zero-order valence-electron chi connectivity index (χ0n) is 11.3. The molecular formula is C14H14N4O2S. The van der Waals surface area contributed by atoms with Crippen LogP contribution in [0.2, 0.25) is 0 Å². The SMILES string of the molecule is CC(Sc1ncccn1)C(=O)Nc1ccc(C(N)=O)cc1. The lowest BCUT2D eigenvalue weighted by molar-refractivity contribution is -0.115. The molecule has 0 saturated heterocycles. The fourth-order valence-electron chi connectivity index (χ4n) is 1.52. The van der Waals surface area contributed by atoms with Crippen LogP contribution in [0.3, 0.4) is 0 Å². The lowest BCUT2D eigenvalue weighted by Gasteiger charge is -2.11. The van der Waals surface area contributed by atoms with Crippen LogP contribution in [0.1, 0.15) is 17.3 Å². The molecule has 6 nitrogen and oxygen atoms in total. The van der Waals surface area contributed by atoms with Crippen LogP contribution in [-0.4, -0.2) is 27.0 Å². The second-order valence-corrected chi connectivity index (χ2v) is 5.53. The number of benzene rings is 1. The molecule has 1 heterocycles. The third-order valence-corrected chi connectivity index (χ3v) is 3.62. The molecule has 0 bridgehead atoms. The average Bonchev–Trinajstić information content (AvgIpc) is 2.48. The van der Waals surface area contributed by atoms with Crippen molar-refractivity contribution in [1.29, 1.82) is 0 Å². The summed E-state index contributed by atoms with van der Waals surface area (Å²) in [5.41, 5.74) is 6.16. The van der Waals surface area contributed by atoms with Crippen LogP contribution in [0.5, 0.6) is 0 Å². The normalized spacial score (nSPS) is 11.7. The van der Waals surface area contributed by atoms with Crippen molar-refractivity contribution < 1.29 is 9.59 Å². The van der Waals surface area contributed by atoms with E-state index in [4.69, 9.17) is 5.73 Å². The number of anilines is 1. The number of rotatable bonds is 5. The zero-order chi connectivity index (χ0) is 15.2. The van der Waals surface area contributed by atoms with Crippen LogP contribution in [0.15, 0.2) is 47.9 Å². The van der Waals surface area contributed by atoms with E-state index < -0.39 is 5.91 Å². The fraction of sp³-hybridized carbons (Fsp3) is 0.143. The van der Waals surface area contributed by atoms with Crippen LogP contribution in [0.4, 0.5) is 5.69 Å². The third-order valence-electron chi connectivity index (χ3n) is 2.63. The Morgan fingerprint density at radius 2 is 1.81 bits per heavy atom. The summed E-state index contributed by atoms with van der Waals surface area (Å²) in [7, 11) is 0. The number of amides is 2. The largest absolute Gasteiger partial charge is 0.366 e. The van der Waals surface area contributed by atoms with Crippen LogP contribution >= 0.6 is 11.8 Å².